The van der Waals surface area contributed by atoms with E-state index < -0.39 is 5.69 Å². The quantitative estimate of drug-likeness (QED) is 0.698. The number of hydrogen-bond acceptors (Lipinski definition) is 4. The number of likely N-dealkylation sites (tertiary alicyclic amines) is 1. The molecule has 4 rings (SSSR count). The zero-order valence-corrected chi connectivity index (χ0v) is 14.8. The number of imidazole rings is 1. The highest BCUT2D eigenvalue weighted by Gasteiger charge is 2.25. The van der Waals surface area contributed by atoms with Crippen LogP contribution in [0.25, 0.3) is 23.3 Å². The summed E-state index contributed by atoms with van der Waals surface area (Å²) in [6, 6.07) is 5.66. The van der Waals surface area contributed by atoms with E-state index in [1.807, 2.05) is 0 Å². The van der Waals surface area contributed by atoms with Crippen molar-refractivity contribution in [3.05, 3.63) is 58.2 Å². The van der Waals surface area contributed by atoms with E-state index in [-0.39, 0.29) is 17.5 Å². The molecule has 2 aromatic heterocycles. The number of benzene rings is 1. The van der Waals surface area contributed by atoms with Crippen LogP contribution in [0.4, 0.5) is 9.18 Å². The Labute approximate surface area is 154 Å². The summed E-state index contributed by atoms with van der Waals surface area (Å²) < 4.78 is 15.5. The van der Waals surface area contributed by atoms with Gasteiger partial charge in [0.25, 0.3) is 0 Å². The molecule has 0 unspecified atom stereocenters. The van der Waals surface area contributed by atoms with Gasteiger partial charge < -0.3 is 4.90 Å². The van der Waals surface area contributed by atoms with Crippen molar-refractivity contribution in [1.82, 2.24) is 24.0 Å². The van der Waals surface area contributed by atoms with Gasteiger partial charge in [0.2, 0.25) is 0 Å². The third kappa shape index (κ3) is 3.14. The molecule has 1 aromatic carbocycles. The van der Waals surface area contributed by atoms with Crippen LogP contribution in [0.1, 0.15) is 24.2 Å². The molecule has 27 heavy (non-hydrogen) atoms. The van der Waals surface area contributed by atoms with Gasteiger partial charge in [-0.05, 0) is 36.6 Å². The molecule has 0 atom stereocenters. The Morgan fingerprint density at radius 1 is 1.15 bits per heavy atom. The second kappa shape index (κ2) is 6.79. The van der Waals surface area contributed by atoms with Crippen molar-refractivity contribution in [2.75, 3.05) is 13.1 Å². The maximum absolute atomic E-state index is 13.0. The van der Waals surface area contributed by atoms with Crippen molar-refractivity contribution < 1.29 is 9.18 Å². The fourth-order valence-electron chi connectivity index (χ4n) is 3.17. The Bertz CT molecular complexity index is 1090. The molecule has 0 bridgehead atoms. The molecule has 1 aliphatic heterocycles. The van der Waals surface area contributed by atoms with E-state index in [1.54, 1.807) is 36.2 Å². The highest BCUT2D eigenvalue weighted by molar-refractivity contribution is 5.87. The molecule has 3 aromatic rings. The van der Waals surface area contributed by atoms with Gasteiger partial charge in [-0.3, -0.25) is 4.57 Å². The minimum atomic E-state index is -0.434. The monoisotopic (exact) mass is 367 g/mol. The molecule has 1 fully saturated rings. The first-order chi connectivity index (χ1) is 13.0. The molecule has 8 heteroatoms. The lowest BCUT2D eigenvalue weighted by molar-refractivity contribution is 0.210. The summed E-state index contributed by atoms with van der Waals surface area (Å²) in [5, 5.41) is 0. The van der Waals surface area contributed by atoms with Crippen LogP contribution in [-0.4, -0.2) is 43.1 Å². The van der Waals surface area contributed by atoms with Gasteiger partial charge in [-0.15, -0.1) is 0 Å². The minimum absolute atomic E-state index is 0.285. The Morgan fingerprint density at radius 3 is 2.56 bits per heavy atom. The largest absolute Gasteiger partial charge is 0.338 e. The van der Waals surface area contributed by atoms with Crippen molar-refractivity contribution in [1.29, 1.82) is 0 Å². The number of aryl methyl sites for hydroxylation is 1. The normalized spacial score (nSPS) is 14.5. The second-order valence-electron chi connectivity index (χ2n) is 6.48. The standard InChI is InChI=1S/C19H18FN5O2/c1-23-15-12-21-16(9-6-13-4-7-14(20)8-5-13)22-17(15)25(18(23)26)19(27)24-10-2-3-11-24/h4-9,12H,2-3,10-11H2,1H3. The minimum Gasteiger partial charge on any atom is -0.324 e. The Balaban J connectivity index is 1.74. The van der Waals surface area contributed by atoms with Crippen LogP contribution in [-0.2, 0) is 7.05 Å². The van der Waals surface area contributed by atoms with Crippen LogP contribution in [0.5, 0.6) is 0 Å². The number of halogens is 1. The van der Waals surface area contributed by atoms with Crippen molar-refractivity contribution >= 4 is 29.3 Å². The van der Waals surface area contributed by atoms with Crippen LogP contribution in [0.3, 0.4) is 0 Å². The molecular weight excluding hydrogens is 349 g/mol. The molecule has 7 nitrogen and oxygen atoms in total. The van der Waals surface area contributed by atoms with E-state index >= 15 is 0 Å². The number of aromatic nitrogens is 4. The average Bonchev–Trinajstić information content (AvgIpc) is 3.29. The fraction of sp³-hybridized carbons (Fsp3) is 0.263. The first kappa shape index (κ1) is 17.1. The Hall–Kier alpha value is -3.29. The predicted octanol–water partition coefficient (Wildman–Crippen LogP) is 2.50. The van der Waals surface area contributed by atoms with Gasteiger partial charge >= 0.3 is 11.7 Å². The molecule has 1 saturated heterocycles. The molecule has 0 aliphatic carbocycles. The van der Waals surface area contributed by atoms with Gasteiger partial charge in [0.05, 0.1) is 6.20 Å². The van der Waals surface area contributed by atoms with Gasteiger partial charge in [-0.25, -0.2) is 23.9 Å². The van der Waals surface area contributed by atoms with Gasteiger partial charge in [0.15, 0.2) is 11.5 Å². The molecule has 138 valence electrons. The van der Waals surface area contributed by atoms with E-state index in [2.05, 4.69) is 9.97 Å². The molecule has 1 amide bonds. The van der Waals surface area contributed by atoms with Crippen molar-refractivity contribution in [2.45, 2.75) is 12.8 Å². The lowest BCUT2D eigenvalue weighted by Gasteiger charge is -2.14. The van der Waals surface area contributed by atoms with E-state index in [0.717, 1.165) is 23.0 Å². The maximum atomic E-state index is 13.0. The first-order valence-electron chi connectivity index (χ1n) is 8.72. The SMILES string of the molecule is Cn1c(=O)n(C(=O)N2CCCC2)c2nc(C=Cc3ccc(F)cc3)ncc21. The number of rotatable bonds is 2. The molecule has 0 radical (unpaired) electrons. The summed E-state index contributed by atoms with van der Waals surface area (Å²) in [6.07, 6.45) is 6.81. The van der Waals surface area contributed by atoms with Gasteiger partial charge in [0, 0.05) is 20.1 Å². The van der Waals surface area contributed by atoms with Crippen LogP contribution >= 0.6 is 0 Å². The third-order valence-corrected chi connectivity index (χ3v) is 4.68. The zero-order valence-electron chi connectivity index (χ0n) is 14.8. The molecule has 1 aliphatic rings. The van der Waals surface area contributed by atoms with E-state index in [1.165, 1.54) is 22.9 Å². The van der Waals surface area contributed by atoms with Crippen molar-refractivity contribution in [2.24, 2.45) is 7.05 Å². The predicted molar refractivity (Wildman–Crippen MR) is 99.7 cm³/mol. The average molecular weight is 367 g/mol. The number of hydrogen-bond donors (Lipinski definition) is 0. The van der Waals surface area contributed by atoms with Crippen LogP contribution in [0, 0.1) is 5.82 Å². The summed E-state index contributed by atoms with van der Waals surface area (Å²) >= 11 is 0. The Kier molecular flexibility index (Phi) is 4.31. The lowest BCUT2D eigenvalue weighted by atomic mass is 10.2. The highest BCUT2D eigenvalue weighted by atomic mass is 19.1. The summed E-state index contributed by atoms with van der Waals surface area (Å²) in [6.45, 7) is 1.29. The second-order valence-corrected chi connectivity index (χ2v) is 6.48. The lowest BCUT2D eigenvalue weighted by Crippen LogP contribution is -2.38. The number of amides is 1. The number of nitrogens with zero attached hydrogens (tertiary/aromatic N) is 5. The zero-order chi connectivity index (χ0) is 19.0. The van der Waals surface area contributed by atoms with Crippen LogP contribution in [0.15, 0.2) is 35.3 Å². The fourth-order valence-corrected chi connectivity index (χ4v) is 3.17. The van der Waals surface area contributed by atoms with E-state index in [4.69, 9.17) is 0 Å². The summed E-state index contributed by atoms with van der Waals surface area (Å²) in [4.78, 5) is 35.7. The number of carbonyl (C=O) groups is 1. The summed E-state index contributed by atoms with van der Waals surface area (Å²) in [7, 11) is 1.59. The topological polar surface area (TPSA) is 73.0 Å². The third-order valence-electron chi connectivity index (χ3n) is 4.68. The summed E-state index contributed by atoms with van der Waals surface area (Å²) in [5.41, 5.74) is 1.13. The Morgan fingerprint density at radius 2 is 1.85 bits per heavy atom. The van der Waals surface area contributed by atoms with Gasteiger partial charge in [-0.2, -0.15) is 4.57 Å². The van der Waals surface area contributed by atoms with Gasteiger partial charge in [0.1, 0.15) is 11.3 Å². The first-order valence-corrected chi connectivity index (χ1v) is 8.72. The maximum Gasteiger partial charge on any atom is 0.338 e. The number of carbonyl (C=O) groups excluding carboxylic acids is 1. The smallest absolute Gasteiger partial charge is 0.324 e. The molecule has 0 N–H and O–H groups in total. The highest BCUT2D eigenvalue weighted by Crippen LogP contribution is 2.15. The van der Waals surface area contributed by atoms with Crippen molar-refractivity contribution in [3.63, 3.8) is 0 Å². The molecule has 0 spiro atoms. The molecule has 0 saturated carbocycles. The summed E-state index contributed by atoms with van der Waals surface area (Å²) in [5.74, 6) is 0.0546. The van der Waals surface area contributed by atoms with Crippen LogP contribution < -0.4 is 5.69 Å². The van der Waals surface area contributed by atoms with E-state index in [9.17, 15) is 14.0 Å². The van der Waals surface area contributed by atoms with Crippen molar-refractivity contribution in [3.8, 4) is 0 Å². The molecule has 3 heterocycles. The number of fused-ring (bicyclic) bond motifs is 1. The van der Waals surface area contributed by atoms with Crippen LogP contribution in [0.2, 0.25) is 0 Å². The van der Waals surface area contributed by atoms with E-state index in [0.29, 0.717) is 24.4 Å². The molecular formula is C19H18FN5O2. The van der Waals surface area contributed by atoms with Gasteiger partial charge in [-0.1, -0.05) is 18.2 Å².